The van der Waals surface area contributed by atoms with E-state index in [4.69, 9.17) is 10.00 Å². The molecule has 1 aromatic heterocycles. The van der Waals surface area contributed by atoms with Gasteiger partial charge in [0, 0.05) is 13.1 Å². The molecule has 0 bridgehead atoms. The summed E-state index contributed by atoms with van der Waals surface area (Å²) in [5.74, 6) is -2.47. The Morgan fingerprint density at radius 3 is 2.58 bits per heavy atom. The Labute approximate surface area is 194 Å². The molecule has 1 aliphatic heterocycles. The van der Waals surface area contributed by atoms with Crippen molar-refractivity contribution in [3.05, 3.63) is 46.8 Å². The lowest BCUT2D eigenvalue weighted by Crippen LogP contribution is -2.41. The summed E-state index contributed by atoms with van der Waals surface area (Å²) in [6, 6.07) is 9.29. The van der Waals surface area contributed by atoms with Crippen LogP contribution in [0.25, 0.3) is 0 Å². The van der Waals surface area contributed by atoms with Gasteiger partial charge in [-0.15, -0.1) is 11.3 Å². The van der Waals surface area contributed by atoms with Gasteiger partial charge in [-0.05, 0) is 36.4 Å². The van der Waals surface area contributed by atoms with Gasteiger partial charge in [0.1, 0.15) is 11.1 Å². The van der Waals surface area contributed by atoms with Crippen molar-refractivity contribution in [2.45, 2.75) is 17.7 Å². The van der Waals surface area contributed by atoms with Crippen molar-refractivity contribution in [1.82, 2.24) is 4.31 Å². The highest BCUT2D eigenvalue weighted by Gasteiger charge is 2.35. The zero-order valence-corrected chi connectivity index (χ0v) is 19.3. The summed E-state index contributed by atoms with van der Waals surface area (Å²) in [6.07, 6.45) is 0.424. The number of sulfonamides is 1. The van der Waals surface area contributed by atoms with Crippen LogP contribution in [0.1, 0.15) is 28.8 Å². The van der Waals surface area contributed by atoms with Crippen LogP contribution in [0.3, 0.4) is 0 Å². The predicted molar refractivity (Wildman–Crippen MR) is 118 cm³/mol. The average Bonchev–Trinajstić information content (AvgIpc) is 3.29. The highest BCUT2D eigenvalue weighted by Crippen LogP contribution is 2.27. The number of nitriles is 1. The van der Waals surface area contributed by atoms with E-state index < -0.39 is 40.4 Å². The average molecular weight is 492 g/mol. The maximum atomic E-state index is 13.1. The summed E-state index contributed by atoms with van der Waals surface area (Å²) in [5, 5.41) is 13.5. The fourth-order valence-electron chi connectivity index (χ4n) is 3.35. The number of hydrogen-bond donors (Lipinski definition) is 1. The summed E-state index contributed by atoms with van der Waals surface area (Å²) >= 11 is 1.18. The summed E-state index contributed by atoms with van der Waals surface area (Å²) in [4.78, 5) is 36.2. The van der Waals surface area contributed by atoms with Crippen LogP contribution in [-0.4, -0.2) is 57.4 Å². The van der Waals surface area contributed by atoms with E-state index in [2.05, 4.69) is 10.1 Å². The van der Waals surface area contributed by atoms with E-state index in [0.717, 1.165) is 0 Å². The Balaban J connectivity index is 1.55. The van der Waals surface area contributed by atoms with Gasteiger partial charge in [0.25, 0.3) is 5.91 Å². The number of benzene rings is 1. The van der Waals surface area contributed by atoms with Gasteiger partial charge in [0.15, 0.2) is 6.61 Å². The molecule has 0 unspecified atom stereocenters. The Bertz CT molecular complexity index is 1190. The Kier molecular flexibility index (Phi) is 7.80. The van der Waals surface area contributed by atoms with Crippen molar-refractivity contribution in [2.75, 3.05) is 32.1 Å². The van der Waals surface area contributed by atoms with E-state index >= 15 is 0 Å². The van der Waals surface area contributed by atoms with Gasteiger partial charge in [-0.3, -0.25) is 9.59 Å². The topological polar surface area (TPSA) is 143 Å². The fraction of sp³-hybridized carbons (Fsp3) is 0.333. The van der Waals surface area contributed by atoms with Gasteiger partial charge in [0.05, 0.1) is 29.1 Å². The molecule has 33 heavy (non-hydrogen) atoms. The molecule has 2 heterocycles. The van der Waals surface area contributed by atoms with Crippen molar-refractivity contribution >= 4 is 44.2 Å². The SMILES string of the molecule is COC(=O)c1ccccc1S(=O)(=O)N1CCC(C(=O)OCC(=O)Nc2sccc2C#N)CC1. The predicted octanol–water partition coefficient (Wildman–Crippen LogP) is 1.99. The number of nitrogens with zero attached hydrogens (tertiary/aromatic N) is 2. The van der Waals surface area contributed by atoms with Gasteiger partial charge < -0.3 is 14.8 Å². The number of methoxy groups -OCH3 is 1. The molecule has 0 atom stereocenters. The lowest BCUT2D eigenvalue weighted by molar-refractivity contribution is -0.152. The molecule has 0 spiro atoms. The number of hydrogen-bond acceptors (Lipinski definition) is 9. The van der Waals surface area contributed by atoms with Crippen LogP contribution in [-0.2, 0) is 29.1 Å². The minimum Gasteiger partial charge on any atom is -0.465 e. The van der Waals surface area contributed by atoms with E-state index in [-0.39, 0.29) is 36.4 Å². The molecule has 0 aliphatic carbocycles. The zero-order chi connectivity index (χ0) is 24.0. The van der Waals surface area contributed by atoms with Crippen molar-refractivity contribution in [3.63, 3.8) is 0 Å². The molecule has 10 nitrogen and oxygen atoms in total. The maximum Gasteiger partial charge on any atom is 0.339 e. The first-order valence-electron chi connectivity index (χ1n) is 9.89. The number of carbonyl (C=O) groups excluding carboxylic acids is 3. The minimum absolute atomic E-state index is 0.0576. The maximum absolute atomic E-state index is 13.1. The molecule has 0 saturated carbocycles. The highest BCUT2D eigenvalue weighted by atomic mass is 32.2. The quantitative estimate of drug-likeness (QED) is 0.579. The first-order valence-corrected chi connectivity index (χ1v) is 12.2. The summed E-state index contributed by atoms with van der Waals surface area (Å²) in [7, 11) is -2.79. The number of anilines is 1. The lowest BCUT2D eigenvalue weighted by Gasteiger charge is -2.30. The molecule has 174 valence electrons. The number of amides is 1. The van der Waals surface area contributed by atoms with E-state index in [1.807, 2.05) is 6.07 Å². The summed E-state index contributed by atoms with van der Waals surface area (Å²) in [5.41, 5.74) is 0.264. The third-order valence-electron chi connectivity index (χ3n) is 5.08. The van der Waals surface area contributed by atoms with Crippen molar-refractivity contribution < 1.29 is 32.3 Å². The molecule has 2 aromatic rings. The third kappa shape index (κ3) is 5.57. The number of piperidine rings is 1. The lowest BCUT2D eigenvalue weighted by atomic mass is 9.98. The molecule has 1 amide bonds. The molecular weight excluding hydrogens is 470 g/mol. The number of carbonyl (C=O) groups is 3. The molecule has 12 heteroatoms. The van der Waals surface area contributed by atoms with Gasteiger partial charge in [-0.25, -0.2) is 13.2 Å². The first kappa shape index (κ1) is 24.4. The molecule has 1 saturated heterocycles. The second kappa shape index (κ2) is 10.6. The number of thiophene rings is 1. The fourth-order valence-corrected chi connectivity index (χ4v) is 5.76. The third-order valence-corrected chi connectivity index (χ3v) is 7.87. The Morgan fingerprint density at radius 2 is 1.91 bits per heavy atom. The Morgan fingerprint density at radius 1 is 1.21 bits per heavy atom. The van der Waals surface area contributed by atoms with Crippen LogP contribution in [0.15, 0.2) is 40.6 Å². The van der Waals surface area contributed by atoms with Gasteiger partial charge >= 0.3 is 11.9 Å². The van der Waals surface area contributed by atoms with E-state index in [1.54, 1.807) is 17.5 Å². The minimum atomic E-state index is -3.97. The normalized spacial score (nSPS) is 14.8. The van der Waals surface area contributed by atoms with E-state index in [0.29, 0.717) is 10.6 Å². The van der Waals surface area contributed by atoms with Crippen molar-refractivity contribution in [2.24, 2.45) is 5.92 Å². The van der Waals surface area contributed by atoms with Gasteiger partial charge in [-0.2, -0.15) is 9.57 Å². The first-order chi connectivity index (χ1) is 15.8. The van der Waals surface area contributed by atoms with Crippen LogP contribution in [0.4, 0.5) is 5.00 Å². The van der Waals surface area contributed by atoms with Crippen LogP contribution in [0.2, 0.25) is 0 Å². The van der Waals surface area contributed by atoms with Gasteiger partial charge in [-0.1, -0.05) is 12.1 Å². The standard InChI is InChI=1S/C21H21N3O7S2/c1-30-21(27)16-4-2-3-5-17(16)33(28,29)24-9-6-14(7-10-24)20(26)31-13-18(25)23-19-15(12-22)8-11-32-19/h2-5,8,11,14H,6-7,9-10,13H2,1H3,(H,23,25). The summed E-state index contributed by atoms with van der Waals surface area (Å²) < 4.78 is 37.1. The largest absolute Gasteiger partial charge is 0.465 e. The summed E-state index contributed by atoms with van der Waals surface area (Å²) in [6.45, 7) is -0.387. The van der Waals surface area contributed by atoms with E-state index in [9.17, 15) is 22.8 Å². The molecular formula is C21H21N3O7S2. The number of nitrogens with one attached hydrogen (secondary N) is 1. The molecule has 3 rings (SSSR count). The van der Waals surface area contributed by atoms with Crippen molar-refractivity contribution in [3.8, 4) is 6.07 Å². The van der Waals surface area contributed by atoms with Crippen LogP contribution in [0.5, 0.6) is 0 Å². The number of ether oxygens (including phenoxy) is 2. The smallest absolute Gasteiger partial charge is 0.339 e. The van der Waals surface area contributed by atoms with Crippen LogP contribution in [0, 0.1) is 17.2 Å². The zero-order valence-electron chi connectivity index (χ0n) is 17.6. The number of esters is 2. The molecule has 1 N–H and O–H groups in total. The van der Waals surface area contributed by atoms with E-state index in [1.165, 1.54) is 41.0 Å². The molecule has 1 aromatic carbocycles. The highest BCUT2D eigenvalue weighted by molar-refractivity contribution is 7.89. The van der Waals surface area contributed by atoms with Crippen LogP contribution >= 0.6 is 11.3 Å². The monoisotopic (exact) mass is 491 g/mol. The second-order valence-corrected chi connectivity index (χ2v) is 9.92. The second-order valence-electron chi connectivity index (χ2n) is 7.10. The number of rotatable bonds is 7. The molecule has 1 fully saturated rings. The van der Waals surface area contributed by atoms with Crippen LogP contribution < -0.4 is 5.32 Å². The Hall–Kier alpha value is -3.27. The molecule has 1 aliphatic rings. The van der Waals surface area contributed by atoms with Crippen molar-refractivity contribution in [1.29, 1.82) is 5.26 Å². The van der Waals surface area contributed by atoms with Gasteiger partial charge in [0.2, 0.25) is 10.0 Å². The molecule has 0 radical (unpaired) electrons.